The number of carbonyl (C=O) groups is 1. The highest BCUT2D eigenvalue weighted by molar-refractivity contribution is 5.76. The summed E-state index contributed by atoms with van der Waals surface area (Å²) in [6.45, 7) is -0.0947. The van der Waals surface area contributed by atoms with E-state index in [2.05, 4.69) is 10.1 Å². The number of alkyl halides is 2. The molecule has 4 nitrogen and oxygen atoms in total. The molecule has 0 unspecified atom stereocenters. The highest BCUT2D eigenvalue weighted by atomic mass is 19.3. The maximum atomic E-state index is 11.8. The first-order valence-electron chi connectivity index (χ1n) is 6.81. The van der Waals surface area contributed by atoms with Crippen molar-refractivity contribution in [1.29, 1.82) is 0 Å². The molecule has 0 saturated heterocycles. The van der Waals surface area contributed by atoms with Crippen molar-refractivity contribution in [3.8, 4) is 0 Å². The van der Waals surface area contributed by atoms with E-state index in [4.69, 9.17) is 0 Å². The lowest BCUT2D eigenvalue weighted by Gasteiger charge is -2.35. The third-order valence-electron chi connectivity index (χ3n) is 3.63. The van der Waals surface area contributed by atoms with Gasteiger partial charge in [0.15, 0.2) is 0 Å². The Labute approximate surface area is 112 Å². The molecule has 112 valence electrons. The van der Waals surface area contributed by atoms with Gasteiger partial charge < -0.3 is 15.2 Å². The van der Waals surface area contributed by atoms with Crippen LogP contribution in [0.15, 0.2) is 0 Å². The van der Waals surface area contributed by atoms with Gasteiger partial charge in [0.05, 0.1) is 13.2 Å². The summed E-state index contributed by atoms with van der Waals surface area (Å²) >= 11 is 0. The number of amides is 1. The van der Waals surface area contributed by atoms with E-state index in [0.717, 1.165) is 25.7 Å². The van der Waals surface area contributed by atoms with E-state index in [0.29, 0.717) is 6.54 Å². The molecule has 6 heteroatoms. The monoisotopic (exact) mass is 279 g/mol. The number of carbonyl (C=O) groups excluding carboxylic acids is 1. The Morgan fingerprint density at radius 2 is 2.00 bits per heavy atom. The van der Waals surface area contributed by atoms with Crippen molar-refractivity contribution >= 4 is 5.91 Å². The summed E-state index contributed by atoms with van der Waals surface area (Å²) in [6.07, 6.45) is 2.76. The van der Waals surface area contributed by atoms with Gasteiger partial charge in [0, 0.05) is 18.4 Å². The SMILES string of the molecule is O=C(CCOCC(F)F)NCC1(CO)CCCCC1. The number of ether oxygens (including phenoxy) is 1. The van der Waals surface area contributed by atoms with Crippen LogP contribution in [0.5, 0.6) is 0 Å². The quantitative estimate of drug-likeness (QED) is 0.665. The molecule has 1 aliphatic carbocycles. The third kappa shape index (κ3) is 6.29. The molecule has 0 heterocycles. The fourth-order valence-electron chi connectivity index (χ4n) is 2.40. The minimum atomic E-state index is -2.50. The first kappa shape index (κ1) is 16.3. The van der Waals surface area contributed by atoms with Crippen molar-refractivity contribution in [2.45, 2.75) is 45.0 Å². The van der Waals surface area contributed by atoms with Gasteiger partial charge in [0.25, 0.3) is 6.43 Å². The smallest absolute Gasteiger partial charge is 0.261 e. The molecule has 0 spiro atoms. The van der Waals surface area contributed by atoms with E-state index < -0.39 is 13.0 Å². The van der Waals surface area contributed by atoms with Gasteiger partial charge in [-0.2, -0.15) is 0 Å². The van der Waals surface area contributed by atoms with Crippen LogP contribution in [0.2, 0.25) is 0 Å². The predicted molar refractivity (Wildman–Crippen MR) is 67.1 cm³/mol. The van der Waals surface area contributed by atoms with E-state index in [1.165, 1.54) is 6.42 Å². The zero-order valence-electron chi connectivity index (χ0n) is 11.2. The number of nitrogens with one attached hydrogen (secondary N) is 1. The molecular weight excluding hydrogens is 256 g/mol. The number of rotatable bonds is 8. The molecule has 0 bridgehead atoms. The standard InChI is InChI=1S/C13H23F2NO3/c14-11(15)8-19-7-4-12(18)16-9-13(10-17)5-2-1-3-6-13/h11,17H,1-10H2,(H,16,18). The van der Waals surface area contributed by atoms with Crippen molar-refractivity contribution in [2.24, 2.45) is 5.41 Å². The molecule has 0 aliphatic heterocycles. The van der Waals surface area contributed by atoms with Gasteiger partial charge in [0.2, 0.25) is 5.91 Å². The Bertz CT molecular complexity index is 269. The zero-order chi connectivity index (χ0) is 14.1. The van der Waals surface area contributed by atoms with Gasteiger partial charge in [0.1, 0.15) is 6.61 Å². The molecule has 0 aromatic carbocycles. The fourth-order valence-corrected chi connectivity index (χ4v) is 2.40. The lowest BCUT2D eigenvalue weighted by molar-refractivity contribution is -0.123. The molecule has 0 atom stereocenters. The van der Waals surface area contributed by atoms with Gasteiger partial charge in [-0.15, -0.1) is 0 Å². The summed E-state index contributed by atoms with van der Waals surface area (Å²) in [7, 11) is 0. The molecular formula is C13H23F2NO3. The average Bonchev–Trinajstić information content (AvgIpc) is 2.42. The van der Waals surface area contributed by atoms with Gasteiger partial charge in [-0.1, -0.05) is 19.3 Å². The van der Waals surface area contributed by atoms with Crippen LogP contribution in [-0.4, -0.2) is 43.8 Å². The second-order valence-corrected chi connectivity index (χ2v) is 5.21. The van der Waals surface area contributed by atoms with Crippen LogP contribution >= 0.6 is 0 Å². The normalized spacial score (nSPS) is 18.5. The first-order chi connectivity index (χ1) is 9.08. The summed E-state index contributed by atoms with van der Waals surface area (Å²) in [5, 5.41) is 12.2. The average molecular weight is 279 g/mol. The maximum Gasteiger partial charge on any atom is 0.261 e. The molecule has 2 N–H and O–H groups in total. The van der Waals surface area contributed by atoms with Gasteiger partial charge in [-0.25, -0.2) is 8.78 Å². The van der Waals surface area contributed by atoms with Crippen LogP contribution in [-0.2, 0) is 9.53 Å². The van der Waals surface area contributed by atoms with Crippen LogP contribution < -0.4 is 5.32 Å². The second-order valence-electron chi connectivity index (χ2n) is 5.21. The minimum Gasteiger partial charge on any atom is -0.396 e. The van der Waals surface area contributed by atoms with Crippen LogP contribution in [0, 0.1) is 5.41 Å². The summed E-state index contributed by atoms with van der Waals surface area (Å²) in [5.74, 6) is -0.215. The van der Waals surface area contributed by atoms with Crippen LogP contribution in [0.1, 0.15) is 38.5 Å². The summed E-state index contributed by atoms with van der Waals surface area (Å²) in [5.41, 5.74) is -0.197. The van der Waals surface area contributed by atoms with E-state index in [1.807, 2.05) is 0 Å². The van der Waals surface area contributed by atoms with Gasteiger partial charge >= 0.3 is 0 Å². The van der Waals surface area contributed by atoms with Gasteiger partial charge in [-0.05, 0) is 12.8 Å². The molecule has 0 aromatic heterocycles. The Morgan fingerprint density at radius 1 is 1.32 bits per heavy atom. The Balaban J connectivity index is 2.17. The van der Waals surface area contributed by atoms with Crippen molar-refractivity contribution in [3.63, 3.8) is 0 Å². The third-order valence-corrected chi connectivity index (χ3v) is 3.63. The van der Waals surface area contributed by atoms with E-state index in [9.17, 15) is 18.7 Å². The number of halogens is 2. The van der Waals surface area contributed by atoms with E-state index in [1.54, 1.807) is 0 Å². The Hall–Kier alpha value is -0.750. The maximum absolute atomic E-state index is 11.8. The number of aliphatic hydroxyl groups excluding tert-OH is 1. The van der Waals surface area contributed by atoms with E-state index in [-0.39, 0.29) is 31.0 Å². The van der Waals surface area contributed by atoms with Crippen molar-refractivity contribution < 1.29 is 23.4 Å². The molecule has 0 aromatic rings. The molecule has 1 saturated carbocycles. The predicted octanol–water partition coefficient (Wildman–Crippen LogP) is 1.72. The highest BCUT2D eigenvalue weighted by Crippen LogP contribution is 2.35. The summed E-state index contributed by atoms with van der Waals surface area (Å²) < 4.78 is 28.2. The lowest BCUT2D eigenvalue weighted by atomic mass is 9.74. The van der Waals surface area contributed by atoms with E-state index >= 15 is 0 Å². The fraction of sp³-hybridized carbons (Fsp3) is 0.923. The summed E-state index contributed by atoms with van der Waals surface area (Å²) in [6, 6.07) is 0. The van der Waals surface area contributed by atoms with Crippen molar-refractivity contribution in [3.05, 3.63) is 0 Å². The molecule has 0 radical (unpaired) electrons. The van der Waals surface area contributed by atoms with Crippen LogP contribution in [0.25, 0.3) is 0 Å². The second kappa shape index (κ2) is 8.43. The molecule has 1 rings (SSSR count). The molecule has 1 fully saturated rings. The van der Waals surface area contributed by atoms with Crippen LogP contribution in [0.3, 0.4) is 0 Å². The van der Waals surface area contributed by atoms with Crippen molar-refractivity contribution in [1.82, 2.24) is 5.32 Å². The minimum absolute atomic E-state index is 0.00228. The van der Waals surface area contributed by atoms with Crippen molar-refractivity contribution in [2.75, 3.05) is 26.4 Å². The molecule has 19 heavy (non-hydrogen) atoms. The largest absolute Gasteiger partial charge is 0.396 e. The number of hydrogen-bond acceptors (Lipinski definition) is 3. The Kier molecular flexibility index (Phi) is 7.23. The lowest BCUT2D eigenvalue weighted by Crippen LogP contribution is -2.41. The van der Waals surface area contributed by atoms with Gasteiger partial charge in [-0.3, -0.25) is 4.79 Å². The molecule has 1 amide bonds. The zero-order valence-corrected chi connectivity index (χ0v) is 11.2. The van der Waals surface area contributed by atoms with Crippen LogP contribution in [0.4, 0.5) is 8.78 Å². The number of aliphatic hydroxyl groups is 1. The Morgan fingerprint density at radius 3 is 2.58 bits per heavy atom. The summed E-state index contributed by atoms with van der Waals surface area (Å²) in [4.78, 5) is 11.5. The number of hydrogen-bond donors (Lipinski definition) is 2. The topological polar surface area (TPSA) is 58.6 Å². The first-order valence-corrected chi connectivity index (χ1v) is 6.81. The highest BCUT2D eigenvalue weighted by Gasteiger charge is 2.31. The molecule has 1 aliphatic rings.